The summed E-state index contributed by atoms with van der Waals surface area (Å²) >= 11 is 0. The Balaban J connectivity index is 1.58. The fourth-order valence-electron chi connectivity index (χ4n) is 5.66. The Hall–Kier alpha value is -3.49. The van der Waals surface area contributed by atoms with Crippen LogP contribution in [0.25, 0.3) is 10.9 Å². The Morgan fingerprint density at radius 2 is 1.95 bits per heavy atom. The molecule has 1 aromatic heterocycles. The fraction of sp³-hybridized carbons (Fsp3) is 0.464. The molecule has 39 heavy (non-hydrogen) atoms. The molecule has 1 saturated carbocycles. The molecule has 0 amide bonds. The number of carbonyl (C=O) groups is 1. The van der Waals surface area contributed by atoms with Gasteiger partial charge in [-0.2, -0.15) is 14.7 Å². The van der Waals surface area contributed by atoms with Gasteiger partial charge in [0, 0.05) is 23.9 Å². The zero-order valence-electron chi connectivity index (χ0n) is 22.1. The van der Waals surface area contributed by atoms with Crippen molar-refractivity contribution in [1.82, 2.24) is 14.1 Å². The van der Waals surface area contributed by atoms with Crippen molar-refractivity contribution < 1.29 is 27.4 Å². The lowest BCUT2D eigenvalue weighted by molar-refractivity contribution is -0.136. The predicted octanol–water partition coefficient (Wildman–Crippen LogP) is 4.78. The maximum Gasteiger partial charge on any atom is 0.309 e. The molecule has 1 saturated heterocycles. The fourth-order valence-corrected chi connectivity index (χ4v) is 7.41. The Morgan fingerprint density at radius 1 is 1.26 bits per heavy atom. The number of aromatic nitrogens is 2. The first kappa shape index (κ1) is 27.1. The number of halogens is 1. The average molecular weight is 555 g/mol. The highest BCUT2D eigenvalue weighted by Crippen LogP contribution is 2.45. The van der Waals surface area contributed by atoms with Crippen LogP contribution in [0.3, 0.4) is 0 Å². The van der Waals surface area contributed by atoms with Gasteiger partial charge in [0.25, 0.3) is 0 Å². The molecule has 1 aliphatic heterocycles. The molecule has 1 aliphatic carbocycles. The molecule has 0 spiro atoms. The number of aliphatic carboxylic acids is 1. The zero-order valence-corrected chi connectivity index (χ0v) is 22.9. The summed E-state index contributed by atoms with van der Waals surface area (Å²) in [6.07, 6.45) is 2.29. The minimum Gasteiger partial charge on any atom is -0.491 e. The zero-order chi connectivity index (χ0) is 28.1. The first-order chi connectivity index (χ1) is 18.4. The molecule has 0 radical (unpaired) electrons. The molecule has 206 valence electrons. The van der Waals surface area contributed by atoms with Crippen LogP contribution in [0.15, 0.2) is 41.3 Å². The summed E-state index contributed by atoms with van der Waals surface area (Å²) < 4.78 is 51.2. The number of carboxylic acids is 1. The molecular formula is C28H31FN4O5S. The van der Waals surface area contributed by atoms with Crippen molar-refractivity contribution in [3.8, 4) is 11.8 Å². The van der Waals surface area contributed by atoms with E-state index >= 15 is 4.39 Å². The summed E-state index contributed by atoms with van der Waals surface area (Å²) in [4.78, 5) is 11.6. The molecule has 2 atom stereocenters. The van der Waals surface area contributed by atoms with Crippen molar-refractivity contribution in [3.63, 3.8) is 0 Å². The van der Waals surface area contributed by atoms with Crippen molar-refractivity contribution in [2.24, 2.45) is 0 Å². The van der Waals surface area contributed by atoms with Crippen molar-refractivity contribution in [3.05, 3.63) is 53.5 Å². The third kappa shape index (κ3) is 4.76. The van der Waals surface area contributed by atoms with Gasteiger partial charge in [0.2, 0.25) is 10.0 Å². The minimum absolute atomic E-state index is 0.0167. The number of benzene rings is 2. The van der Waals surface area contributed by atoms with E-state index < -0.39 is 27.6 Å². The van der Waals surface area contributed by atoms with Crippen LogP contribution in [-0.2, 0) is 21.2 Å². The van der Waals surface area contributed by atoms with Gasteiger partial charge in [0.15, 0.2) is 0 Å². The molecule has 11 heteroatoms. The van der Waals surface area contributed by atoms with Crippen molar-refractivity contribution >= 4 is 26.9 Å². The van der Waals surface area contributed by atoms with E-state index in [1.54, 1.807) is 29.8 Å². The Morgan fingerprint density at radius 3 is 2.51 bits per heavy atom. The topological polar surface area (TPSA) is 126 Å². The molecule has 2 fully saturated rings. The standard InChI is InChI=1S/C28H31FN4O5S/c1-17(2)38-20-7-9-21(10-8-20)39(36,37)32-15-19(14-28(32,3)16-30)33-27-22(24(31-33)13-25(34)35)11-12-23(29)26(27)18-5-4-6-18/h7-12,17-19H,4-6,13-15H2,1-3H3,(H,34,35)/t19-,28+/m1/s1. The van der Waals surface area contributed by atoms with E-state index in [4.69, 9.17) is 4.74 Å². The minimum atomic E-state index is -4.09. The first-order valence-corrected chi connectivity index (χ1v) is 14.5. The largest absolute Gasteiger partial charge is 0.491 e. The molecule has 2 heterocycles. The Labute approximate surface area is 226 Å². The third-order valence-corrected chi connectivity index (χ3v) is 9.69. The lowest BCUT2D eigenvalue weighted by Crippen LogP contribution is -2.43. The lowest BCUT2D eigenvalue weighted by Gasteiger charge is -2.28. The van der Waals surface area contributed by atoms with Crippen molar-refractivity contribution in [2.75, 3.05) is 6.54 Å². The second kappa shape index (κ2) is 9.92. The number of hydrogen-bond donors (Lipinski definition) is 1. The van der Waals surface area contributed by atoms with Crippen LogP contribution in [0.2, 0.25) is 0 Å². The number of fused-ring (bicyclic) bond motifs is 1. The molecule has 0 unspecified atom stereocenters. The van der Waals surface area contributed by atoms with Gasteiger partial charge in [-0.1, -0.05) is 6.42 Å². The second-order valence-electron chi connectivity index (χ2n) is 10.9. The summed E-state index contributed by atoms with van der Waals surface area (Å²) in [5, 5.41) is 24.8. The monoisotopic (exact) mass is 554 g/mol. The van der Waals surface area contributed by atoms with Crippen LogP contribution >= 0.6 is 0 Å². The van der Waals surface area contributed by atoms with Crippen LogP contribution < -0.4 is 4.74 Å². The van der Waals surface area contributed by atoms with Gasteiger partial charge in [0.05, 0.1) is 40.7 Å². The highest BCUT2D eigenvalue weighted by molar-refractivity contribution is 7.89. The van der Waals surface area contributed by atoms with Crippen LogP contribution in [0.4, 0.5) is 4.39 Å². The van der Waals surface area contributed by atoms with E-state index in [0.717, 1.165) is 19.3 Å². The van der Waals surface area contributed by atoms with Crippen molar-refractivity contribution in [1.29, 1.82) is 5.26 Å². The SMILES string of the molecule is CC(C)Oc1ccc(S(=O)(=O)N2C[C@H](n3nc(CC(=O)O)c4ccc(F)c(C5CCC5)c43)C[C@@]2(C)C#N)cc1. The number of sulfonamides is 1. The summed E-state index contributed by atoms with van der Waals surface area (Å²) in [6, 6.07) is 10.5. The smallest absolute Gasteiger partial charge is 0.309 e. The van der Waals surface area contributed by atoms with Gasteiger partial charge in [-0.05, 0) is 75.9 Å². The van der Waals surface area contributed by atoms with Gasteiger partial charge >= 0.3 is 5.97 Å². The number of nitrogens with zero attached hydrogens (tertiary/aromatic N) is 4. The van der Waals surface area contributed by atoms with E-state index in [9.17, 15) is 23.6 Å². The van der Waals surface area contributed by atoms with Gasteiger partial charge in [0.1, 0.15) is 17.1 Å². The van der Waals surface area contributed by atoms with Crippen LogP contribution in [0, 0.1) is 17.1 Å². The van der Waals surface area contributed by atoms with Crippen molar-refractivity contribution in [2.45, 2.75) is 81.4 Å². The van der Waals surface area contributed by atoms with Crippen LogP contribution in [0.1, 0.15) is 69.7 Å². The van der Waals surface area contributed by atoms with Gasteiger partial charge in [-0.15, -0.1) is 0 Å². The lowest BCUT2D eigenvalue weighted by atomic mass is 9.79. The van der Waals surface area contributed by atoms with E-state index in [0.29, 0.717) is 27.9 Å². The molecule has 1 N–H and O–H groups in total. The van der Waals surface area contributed by atoms with E-state index in [1.807, 2.05) is 13.8 Å². The van der Waals surface area contributed by atoms with Crippen LogP contribution in [-0.4, -0.2) is 51.8 Å². The second-order valence-corrected chi connectivity index (χ2v) is 12.7. The van der Waals surface area contributed by atoms with E-state index in [-0.39, 0.29) is 42.1 Å². The molecular weight excluding hydrogens is 523 g/mol. The Kier molecular flexibility index (Phi) is 6.89. The van der Waals surface area contributed by atoms with Crippen LogP contribution in [0.5, 0.6) is 5.75 Å². The summed E-state index contributed by atoms with van der Waals surface area (Å²) in [5.74, 6) is -0.939. The number of ether oxygens (including phenoxy) is 1. The van der Waals surface area contributed by atoms with Gasteiger partial charge in [-0.25, -0.2) is 12.8 Å². The molecule has 2 aliphatic rings. The van der Waals surface area contributed by atoms with Gasteiger partial charge < -0.3 is 9.84 Å². The highest BCUT2D eigenvalue weighted by Gasteiger charge is 2.50. The maximum atomic E-state index is 15.2. The molecule has 0 bridgehead atoms. The molecule has 2 aromatic carbocycles. The van der Waals surface area contributed by atoms with E-state index in [1.165, 1.54) is 22.5 Å². The molecule has 9 nitrogen and oxygen atoms in total. The molecule has 5 rings (SSSR count). The number of hydrogen-bond acceptors (Lipinski definition) is 6. The Bertz CT molecular complexity index is 1570. The number of nitriles is 1. The summed E-state index contributed by atoms with van der Waals surface area (Å²) in [7, 11) is -4.09. The third-order valence-electron chi connectivity index (χ3n) is 7.69. The molecule has 3 aromatic rings. The highest BCUT2D eigenvalue weighted by atomic mass is 32.2. The normalized spacial score (nSPS) is 22.2. The van der Waals surface area contributed by atoms with Gasteiger partial charge in [-0.3, -0.25) is 9.48 Å². The number of carboxylic acid groups (broad SMARTS) is 1. The average Bonchev–Trinajstić information content (AvgIpc) is 3.38. The quantitative estimate of drug-likeness (QED) is 0.425. The summed E-state index contributed by atoms with van der Waals surface area (Å²) in [6.45, 7) is 5.24. The van der Waals surface area contributed by atoms with E-state index in [2.05, 4.69) is 11.2 Å². The maximum absolute atomic E-state index is 15.2. The summed E-state index contributed by atoms with van der Waals surface area (Å²) in [5.41, 5.74) is -0.121. The predicted molar refractivity (Wildman–Crippen MR) is 141 cm³/mol. The number of rotatable bonds is 8. The first-order valence-electron chi connectivity index (χ1n) is 13.1.